The molecule has 4 rings (SSSR count). The van der Waals surface area contributed by atoms with Crippen molar-refractivity contribution in [3.05, 3.63) is 94.5 Å². The van der Waals surface area contributed by atoms with Crippen molar-refractivity contribution in [3.8, 4) is 0 Å². The fourth-order valence-electron chi connectivity index (χ4n) is 3.82. The van der Waals surface area contributed by atoms with Gasteiger partial charge in [0.15, 0.2) is 0 Å². The Bertz CT molecular complexity index is 1420. The fourth-order valence-corrected chi connectivity index (χ4v) is 4.53. The number of sulfonamides is 1. The van der Waals surface area contributed by atoms with Gasteiger partial charge in [0.1, 0.15) is 0 Å². The molecule has 3 amide bonds. The lowest BCUT2D eigenvalue weighted by atomic mass is 10.1. The van der Waals surface area contributed by atoms with E-state index in [1.165, 1.54) is 23.1 Å². The monoisotopic (exact) mass is 491 g/mol. The fraction of sp³-hybridized carbons (Fsp3) is 0.192. The molecule has 180 valence electrons. The third-order valence-corrected chi connectivity index (χ3v) is 7.12. The molecule has 1 heterocycles. The van der Waals surface area contributed by atoms with Crippen molar-refractivity contribution in [2.75, 3.05) is 22.3 Å². The molecule has 0 atom stereocenters. The summed E-state index contributed by atoms with van der Waals surface area (Å²) in [4.78, 5) is 39.7. The lowest BCUT2D eigenvalue weighted by molar-refractivity contribution is 0.0656. The molecule has 1 aliphatic rings. The number of benzene rings is 3. The maximum atomic E-state index is 12.9. The van der Waals surface area contributed by atoms with Crippen molar-refractivity contribution in [2.45, 2.75) is 20.3 Å². The van der Waals surface area contributed by atoms with Crippen molar-refractivity contribution in [2.24, 2.45) is 0 Å². The summed E-state index contributed by atoms with van der Waals surface area (Å²) in [6, 6.07) is 18.9. The zero-order valence-corrected chi connectivity index (χ0v) is 20.2. The van der Waals surface area contributed by atoms with E-state index in [0.717, 1.165) is 5.56 Å². The van der Waals surface area contributed by atoms with E-state index in [1.54, 1.807) is 32.0 Å². The van der Waals surface area contributed by atoms with Crippen molar-refractivity contribution >= 4 is 39.1 Å². The number of aryl methyl sites for hydroxylation is 1. The van der Waals surface area contributed by atoms with Gasteiger partial charge in [-0.2, -0.15) is 0 Å². The summed E-state index contributed by atoms with van der Waals surface area (Å²) in [6.45, 7) is 3.53. The first-order valence-corrected chi connectivity index (χ1v) is 12.8. The van der Waals surface area contributed by atoms with Gasteiger partial charge in [-0.3, -0.25) is 24.0 Å². The molecule has 0 unspecified atom stereocenters. The van der Waals surface area contributed by atoms with Gasteiger partial charge < -0.3 is 5.32 Å². The highest BCUT2D eigenvalue weighted by atomic mass is 32.2. The van der Waals surface area contributed by atoms with E-state index in [9.17, 15) is 22.8 Å². The number of hydrogen-bond acceptors (Lipinski definition) is 5. The molecule has 0 radical (unpaired) electrons. The van der Waals surface area contributed by atoms with Crippen molar-refractivity contribution in [1.29, 1.82) is 0 Å². The first-order chi connectivity index (χ1) is 16.7. The highest BCUT2D eigenvalue weighted by Gasteiger charge is 2.35. The lowest BCUT2D eigenvalue weighted by Crippen LogP contribution is -2.31. The van der Waals surface area contributed by atoms with E-state index in [4.69, 9.17) is 0 Å². The number of imide groups is 1. The molecular weight excluding hydrogens is 466 g/mol. The Hall–Kier alpha value is -3.98. The van der Waals surface area contributed by atoms with Crippen molar-refractivity contribution in [3.63, 3.8) is 0 Å². The Balaban J connectivity index is 1.47. The summed E-state index contributed by atoms with van der Waals surface area (Å²) in [5.74, 6) is -1.28. The highest BCUT2D eigenvalue weighted by molar-refractivity contribution is 7.92. The maximum Gasteiger partial charge on any atom is 0.261 e. The molecule has 0 bridgehead atoms. The van der Waals surface area contributed by atoms with Crippen LogP contribution in [-0.2, 0) is 16.4 Å². The molecule has 0 spiro atoms. The van der Waals surface area contributed by atoms with E-state index < -0.39 is 21.8 Å². The van der Waals surface area contributed by atoms with E-state index in [1.807, 2.05) is 30.3 Å². The number of carbonyl (C=O) groups is 3. The zero-order valence-electron chi connectivity index (χ0n) is 19.4. The van der Waals surface area contributed by atoms with Crippen LogP contribution >= 0.6 is 0 Å². The van der Waals surface area contributed by atoms with Crippen LogP contribution in [0.2, 0.25) is 0 Å². The Morgan fingerprint density at radius 2 is 1.63 bits per heavy atom. The Morgan fingerprint density at radius 3 is 2.31 bits per heavy atom. The normalized spacial score (nSPS) is 13.0. The SMILES string of the molecule is CCS(=O)(=O)Nc1ccc(NC(=O)c2ccc3c(c2)C(=O)N(CCc2ccccc2)C3=O)cc1C. The number of anilines is 2. The third-order valence-electron chi connectivity index (χ3n) is 5.83. The van der Waals surface area contributed by atoms with Crippen LogP contribution in [0.4, 0.5) is 11.4 Å². The van der Waals surface area contributed by atoms with Gasteiger partial charge in [0.2, 0.25) is 10.0 Å². The summed E-state index contributed by atoms with van der Waals surface area (Å²) in [5.41, 5.74) is 3.29. The van der Waals surface area contributed by atoms with Crippen molar-refractivity contribution in [1.82, 2.24) is 4.90 Å². The van der Waals surface area contributed by atoms with Crippen LogP contribution in [-0.4, -0.2) is 43.3 Å². The second kappa shape index (κ2) is 9.71. The summed E-state index contributed by atoms with van der Waals surface area (Å²) < 4.78 is 26.1. The topological polar surface area (TPSA) is 113 Å². The first kappa shape index (κ1) is 24.2. The van der Waals surface area contributed by atoms with Crippen LogP contribution in [0.15, 0.2) is 66.7 Å². The van der Waals surface area contributed by atoms with Gasteiger partial charge >= 0.3 is 0 Å². The molecule has 0 fully saturated rings. The summed E-state index contributed by atoms with van der Waals surface area (Å²) in [7, 11) is -3.41. The summed E-state index contributed by atoms with van der Waals surface area (Å²) in [6.07, 6.45) is 0.545. The standard InChI is InChI=1S/C26H25N3O5S/c1-3-35(33,34)28-23-12-10-20(15-17(23)2)27-24(30)19-9-11-21-22(16-19)26(32)29(25(21)31)14-13-18-7-5-4-6-8-18/h4-12,15-16,28H,3,13-14H2,1-2H3,(H,27,30). The lowest BCUT2D eigenvalue weighted by Gasteiger charge is -2.13. The van der Waals surface area contributed by atoms with E-state index in [0.29, 0.717) is 23.4 Å². The van der Waals surface area contributed by atoms with Crippen LogP contribution in [0.3, 0.4) is 0 Å². The van der Waals surface area contributed by atoms with Crippen molar-refractivity contribution < 1.29 is 22.8 Å². The van der Waals surface area contributed by atoms with Gasteiger partial charge in [0.25, 0.3) is 17.7 Å². The minimum Gasteiger partial charge on any atom is -0.322 e. The minimum atomic E-state index is -3.41. The molecule has 2 N–H and O–H groups in total. The molecule has 0 aliphatic carbocycles. The summed E-state index contributed by atoms with van der Waals surface area (Å²) >= 11 is 0. The Labute approximate surface area is 204 Å². The molecule has 0 saturated heterocycles. The molecule has 3 aromatic carbocycles. The summed E-state index contributed by atoms with van der Waals surface area (Å²) in [5, 5.41) is 2.75. The molecule has 35 heavy (non-hydrogen) atoms. The second-order valence-electron chi connectivity index (χ2n) is 8.25. The van der Waals surface area contributed by atoms with Gasteiger partial charge in [0.05, 0.1) is 22.6 Å². The predicted octanol–water partition coefficient (Wildman–Crippen LogP) is 3.85. The number of carbonyl (C=O) groups excluding carboxylic acids is 3. The minimum absolute atomic E-state index is 0.0475. The molecule has 1 aliphatic heterocycles. The van der Waals surface area contributed by atoms with E-state index in [-0.39, 0.29) is 34.9 Å². The molecule has 9 heteroatoms. The zero-order chi connectivity index (χ0) is 25.2. The average Bonchev–Trinajstić information content (AvgIpc) is 3.09. The van der Waals surface area contributed by atoms with Crippen LogP contribution in [0.25, 0.3) is 0 Å². The average molecular weight is 492 g/mol. The second-order valence-corrected chi connectivity index (χ2v) is 10.3. The molecular formula is C26H25N3O5S. The molecule has 8 nitrogen and oxygen atoms in total. The number of fused-ring (bicyclic) bond motifs is 1. The van der Waals surface area contributed by atoms with Gasteiger partial charge in [-0.25, -0.2) is 8.42 Å². The third kappa shape index (κ3) is 5.25. The largest absolute Gasteiger partial charge is 0.322 e. The number of nitrogens with zero attached hydrogens (tertiary/aromatic N) is 1. The number of rotatable bonds is 8. The highest BCUT2D eigenvalue weighted by Crippen LogP contribution is 2.26. The quantitative estimate of drug-likeness (QED) is 0.465. The smallest absolute Gasteiger partial charge is 0.261 e. The van der Waals surface area contributed by atoms with Crippen LogP contribution < -0.4 is 10.0 Å². The van der Waals surface area contributed by atoms with Gasteiger partial charge in [0, 0.05) is 17.8 Å². The van der Waals surface area contributed by atoms with Gasteiger partial charge in [-0.05, 0) is 67.8 Å². The Morgan fingerprint density at radius 1 is 0.914 bits per heavy atom. The van der Waals surface area contributed by atoms with Gasteiger partial charge in [-0.15, -0.1) is 0 Å². The molecule has 0 aromatic heterocycles. The number of hydrogen-bond donors (Lipinski definition) is 2. The number of amides is 3. The van der Waals surface area contributed by atoms with Gasteiger partial charge in [-0.1, -0.05) is 30.3 Å². The van der Waals surface area contributed by atoms with Crippen LogP contribution in [0.5, 0.6) is 0 Å². The maximum absolute atomic E-state index is 12.9. The Kier molecular flexibility index (Phi) is 6.70. The number of nitrogens with one attached hydrogen (secondary N) is 2. The molecule has 3 aromatic rings. The van der Waals surface area contributed by atoms with Crippen LogP contribution in [0, 0.1) is 6.92 Å². The van der Waals surface area contributed by atoms with Crippen LogP contribution in [0.1, 0.15) is 49.1 Å². The molecule has 0 saturated carbocycles. The van der Waals surface area contributed by atoms with E-state index >= 15 is 0 Å². The van der Waals surface area contributed by atoms with E-state index in [2.05, 4.69) is 10.0 Å². The predicted molar refractivity (Wildman–Crippen MR) is 134 cm³/mol. The first-order valence-electron chi connectivity index (χ1n) is 11.1.